The Morgan fingerprint density at radius 3 is 2.50 bits per heavy atom. The van der Waals surface area contributed by atoms with E-state index in [-0.39, 0.29) is 24.2 Å². The molecule has 114 valence electrons. The van der Waals surface area contributed by atoms with Gasteiger partial charge in [0.25, 0.3) is 0 Å². The Bertz CT molecular complexity index is 371. The molecule has 0 saturated carbocycles. The second-order valence-corrected chi connectivity index (χ2v) is 6.09. The van der Waals surface area contributed by atoms with Crippen LogP contribution in [0.5, 0.6) is 0 Å². The van der Waals surface area contributed by atoms with Crippen LogP contribution in [0.15, 0.2) is 0 Å². The Balaban J connectivity index is 1.89. The van der Waals surface area contributed by atoms with Crippen molar-refractivity contribution in [1.29, 1.82) is 0 Å². The molecule has 2 N–H and O–H groups in total. The molecule has 2 saturated heterocycles. The van der Waals surface area contributed by atoms with Crippen molar-refractivity contribution in [3.8, 4) is 0 Å². The fourth-order valence-corrected chi connectivity index (χ4v) is 3.44. The summed E-state index contributed by atoms with van der Waals surface area (Å²) in [6.45, 7) is 4.13. The van der Waals surface area contributed by atoms with Crippen LogP contribution in [0.1, 0.15) is 52.4 Å². The smallest absolute Gasteiger partial charge is 0.310 e. The average molecular weight is 283 g/mol. The lowest BCUT2D eigenvalue weighted by Crippen LogP contribution is -2.46. The number of hydrogen-bond donors (Lipinski definition) is 2. The number of amides is 1. The van der Waals surface area contributed by atoms with E-state index in [2.05, 4.69) is 12.2 Å². The molecule has 5 heteroatoms. The first-order chi connectivity index (χ1) is 9.54. The average Bonchev–Trinajstić information content (AvgIpc) is 2.98. The zero-order valence-electron chi connectivity index (χ0n) is 12.3. The van der Waals surface area contributed by atoms with Crippen molar-refractivity contribution in [3.05, 3.63) is 0 Å². The second-order valence-electron chi connectivity index (χ2n) is 6.09. The highest BCUT2D eigenvalue weighted by molar-refractivity contribution is 5.86. The van der Waals surface area contributed by atoms with E-state index < -0.39 is 17.8 Å². The number of rotatable bonds is 7. The Labute approximate surface area is 120 Å². The molecule has 0 radical (unpaired) electrons. The standard InChI is InChI=1S/C15H25NO4/c1-3-4-5-6-9(2)16-14(17)12-10-7-8-11(20-10)13(12)15(18)19/h9-13H,3-8H2,1-2H3,(H,16,17)(H,18,19)/t9-,10+,11+,12-,13+/m1/s1. The second kappa shape index (κ2) is 6.57. The van der Waals surface area contributed by atoms with Crippen LogP contribution < -0.4 is 5.32 Å². The summed E-state index contributed by atoms with van der Waals surface area (Å²) in [7, 11) is 0. The quantitative estimate of drug-likeness (QED) is 0.700. The number of carbonyl (C=O) groups excluding carboxylic acids is 1. The minimum atomic E-state index is -0.906. The molecule has 0 unspecified atom stereocenters. The van der Waals surface area contributed by atoms with Gasteiger partial charge in [0.05, 0.1) is 24.0 Å². The first-order valence-corrected chi connectivity index (χ1v) is 7.73. The summed E-state index contributed by atoms with van der Waals surface area (Å²) in [5, 5.41) is 12.3. The van der Waals surface area contributed by atoms with Gasteiger partial charge in [0.1, 0.15) is 0 Å². The van der Waals surface area contributed by atoms with Gasteiger partial charge in [-0.15, -0.1) is 0 Å². The Morgan fingerprint density at radius 2 is 1.90 bits per heavy atom. The lowest BCUT2D eigenvalue weighted by atomic mass is 9.78. The number of carboxylic acids is 1. The third kappa shape index (κ3) is 3.14. The molecule has 2 bridgehead atoms. The van der Waals surface area contributed by atoms with Gasteiger partial charge in [-0.1, -0.05) is 26.2 Å². The van der Waals surface area contributed by atoms with Crippen LogP contribution in [0.2, 0.25) is 0 Å². The number of nitrogens with one attached hydrogen (secondary N) is 1. The molecule has 2 heterocycles. The van der Waals surface area contributed by atoms with Crippen LogP contribution in [0.4, 0.5) is 0 Å². The summed E-state index contributed by atoms with van der Waals surface area (Å²) < 4.78 is 5.62. The Morgan fingerprint density at radius 1 is 1.25 bits per heavy atom. The van der Waals surface area contributed by atoms with Gasteiger partial charge in [-0.2, -0.15) is 0 Å². The van der Waals surface area contributed by atoms with Crippen molar-refractivity contribution < 1.29 is 19.4 Å². The van der Waals surface area contributed by atoms with Crippen molar-refractivity contribution in [2.24, 2.45) is 11.8 Å². The lowest BCUT2D eigenvalue weighted by Gasteiger charge is -2.25. The summed E-state index contributed by atoms with van der Waals surface area (Å²) in [5.41, 5.74) is 0. The van der Waals surface area contributed by atoms with E-state index in [1.165, 1.54) is 0 Å². The van der Waals surface area contributed by atoms with Crippen LogP contribution >= 0.6 is 0 Å². The monoisotopic (exact) mass is 283 g/mol. The molecule has 0 aromatic rings. The molecule has 20 heavy (non-hydrogen) atoms. The summed E-state index contributed by atoms with van der Waals surface area (Å²) in [5.74, 6) is -2.24. The van der Waals surface area contributed by atoms with E-state index in [0.717, 1.165) is 38.5 Å². The minimum Gasteiger partial charge on any atom is -0.481 e. The molecule has 2 aliphatic rings. The molecule has 2 aliphatic heterocycles. The van der Waals surface area contributed by atoms with Gasteiger partial charge in [-0.05, 0) is 26.2 Å². The highest BCUT2D eigenvalue weighted by Crippen LogP contribution is 2.43. The third-order valence-corrected chi connectivity index (χ3v) is 4.49. The van der Waals surface area contributed by atoms with Gasteiger partial charge in [-0.25, -0.2) is 0 Å². The lowest BCUT2D eigenvalue weighted by molar-refractivity contribution is -0.148. The largest absolute Gasteiger partial charge is 0.481 e. The maximum Gasteiger partial charge on any atom is 0.310 e. The molecule has 2 rings (SSSR count). The number of aliphatic carboxylic acids is 1. The number of fused-ring (bicyclic) bond motifs is 2. The molecule has 1 amide bonds. The molecule has 5 atom stereocenters. The zero-order valence-corrected chi connectivity index (χ0v) is 12.3. The number of carbonyl (C=O) groups is 2. The van der Waals surface area contributed by atoms with E-state index >= 15 is 0 Å². The van der Waals surface area contributed by atoms with E-state index in [9.17, 15) is 14.7 Å². The summed E-state index contributed by atoms with van der Waals surface area (Å²) in [6.07, 6.45) is 5.44. The molecule has 0 spiro atoms. The predicted molar refractivity (Wildman–Crippen MR) is 74.3 cm³/mol. The summed E-state index contributed by atoms with van der Waals surface area (Å²) >= 11 is 0. The Hall–Kier alpha value is -1.10. The fraction of sp³-hybridized carbons (Fsp3) is 0.867. The predicted octanol–water partition coefficient (Wildman–Crippen LogP) is 1.95. The van der Waals surface area contributed by atoms with Gasteiger partial charge in [-0.3, -0.25) is 9.59 Å². The van der Waals surface area contributed by atoms with Crippen molar-refractivity contribution in [2.45, 2.75) is 70.6 Å². The number of hydrogen-bond acceptors (Lipinski definition) is 3. The van der Waals surface area contributed by atoms with Gasteiger partial charge in [0, 0.05) is 6.04 Å². The molecule has 2 fully saturated rings. The van der Waals surface area contributed by atoms with E-state index in [4.69, 9.17) is 4.74 Å². The minimum absolute atomic E-state index is 0.0996. The number of unbranched alkanes of at least 4 members (excludes halogenated alkanes) is 2. The van der Waals surface area contributed by atoms with Gasteiger partial charge in [0.15, 0.2) is 0 Å². The van der Waals surface area contributed by atoms with Gasteiger partial charge >= 0.3 is 5.97 Å². The van der Waals surface area contributed by atoms with Crippen molar-refractivity contribution >= 4 is 11.9 Å². The first kappa shape index (κ1) is 15.3. The van der Waals surface area contributed by atoms with Crippen LogP contribution in [0, 0.1) is 11.8 Å². The number of carboxylic acid groups (broad SMARTS) is 1. The normalized spacial score (nSPS) is 33.1. The fourth-order valence-electron chi connectivity index (χ4n) is 3.44. The van der Waals surface area contributed by atoms with Crippen LogP contribution in [0.3, 0.4) is 0 Å². The molecule has 0 aromatic carbocycles. The molecule has 5 nitrogen and oxygen atoms in total. The molecular weight excluding hydrogens is 258 g/mol. The van der Waals surface area contributed by atoms with E-state index in [1.807, 2.05) is 6.92 Å². The van der Waals surface area contributed by atoms with Crippen molar-refractivity contribution in [2.75, 3.05) is 0 Å². The van der Waals surface area contributed by atoms with Crippen LogP contribution in [-0.2, 0) is 14.3 Å². The number of ether oxygens (including phenoxy) is 1. The van der Waals surface area contributed by atoms with Crippen molar-refractivity contribution in [3.63, 3.8) is 0 Å². The maximum atomic E-state index is 12.3. The molecule has 0 aliphatic carbocycles. The van der Waals surface area contributed by atoms with Crippen LogP contribution in [-0.4, -0.2) is 35.2 Å². The first-order valence-electron chi connectivity index (χ1n) is 7.73. The maximum absolute atomic E-state index is 12.3. The topological polar surface area (TPSA) is 75.6 Å². The van der Waals surface area contributed by atoms with Gasteiger partial charge in [0.2, 0.25) is 5.91 Å². The van der Waals surface area contributed by atoms with Gasteiger partial charge < -0.3 is 15.2 Å². The summed E-state index contributed by atoms with van der Waals surface area (Å²) in [4.78, 5) is 23.7. The van der Waals surface area contributed by atoms with Crippen LogP contribution in [0.25, 0.3) is 0 Å². The third-order valence-electron chi connectivity index (χ3n) is 4.49. The van der Waals surface area contributed by atoms with E-state index in [0.29, 0.717) is 0 Å². The summed E-state index contributed by atoms with van der Waals surface area (Å²) in [6, 6.07) is 0.0996. The zero-order chi connectivity index (χ0) is 14.7. The van der Waals surface area contributed by atoms with Crippen molar-refractivity contribution in [1.82, 2.24) is 5.32 Å². The molecular formula is C15H25NO4. The highest BCUT2D eigenvalue weighted by atomic mass is 16.5. The van der Waals surface area contributed by atoms with E-state index in [1.54, 1.807) is 0 Å². The molecule has 0 aromatic heterocycles. The Kier molecular flexibility index (Phi) is 5.02. The highest BCUT2D eigenvalue weighted by Gasteiger charge is 2.55. The SMILES string of the molecule is CCCCC[C@@H](C)NC(=O)[C@H]1[C@@H](C(=O)O)[C@@H]2CC[C@@H]1O2.